The second-order valence-electron chi connectivity index (χ2n) is 5.01. The van der Waals surface area contributed by atoms with E-state index in [9.17, 15) is 19.3 Å². The highest BCUT2D eigenvalue weighted by Gasteiger charge is 2.13. The van der Waals surface area contributed by atoms with Crippen molar-refractivity contribution < 1.29 is 18.8 Å². The van der Waals surface area contributed by atoms with Crippen LogP contribution in [0.1, 0.15) is 18.9 Å². The minimum Gasteiger partial charge on any atom is -0.494 e. The van der Waals surface area contributed by atoms with Crippen LogP contribution in [0, 0.1) is 15.9 Å². The molecule has 0 heterocycles. The number of nitro benzene ring substituents is 1. The molecule has 0 saturated carbocycles. The summed E-state index contributed by atoms with van der Waals surface area (Å²) in [4.78, 5) is 22.1. The number of anilines is 1. The molecule has 1 N–H and O–H groups in total. The molecule has 24 heavy (non-hydrogen) atoms. The van der Waals surface area contributed by atoms with Crippen LogP contribution < -0.4 is 10.1 Å². The van der Waals surface area contributed by atoms with E-state index >= 15 is 0 Å². The van der Waals surface area contributed by atoms with Crippen LogP contribution in [0.2, 0.25) is 0 Å². The van der Waals surface area contributed by atoms with Crippen LogP contribution in [0.4, 0.5) is 15.8 Å². The molecule has 0 spiro atoms. The van der Waals surface area contributed by atoms with Gasteiger partial charge in [-0.25, -0.2) is 4.39 Å². The Morgan fingerprint density at radius 3 is 2.75 bits per heavy atom. The van der Waals surface area contributed by atoms with Crippen molar-refractivity contribution in [3.8, 4) is 5.75 Å². The van der Waals surface area contributed by atoms with Gasteiger partial charge in [-0.15, -0.1) is 0 Å². The van der Waals surface area contributed by atoms with Gasteiger partial charge in [0.25, 0.3) is 5.69 Å². The van der Waals surface area contributed by atoms with Crippen molar-refractivity contribution in [2.75, 3.05) is 11.9 Å². The molecule has 0 saturated heterocycles. The van der Waals surface area contributed by atoms with Crippen LogP contribution in [0.3, 0.4) is 0 Å². The molecule has 0 fully saturated rings. The Balaban J connectivity index is 2.02. The number of carbonyl (C=O) groups is 1. The SMILES string of the molecule is CCOc1ccccc1CCC(=O)Nc1cc([N+](=O)[O-])ccc1F. The Hall–Kier alpha value is -2.96. The molecule has 7 heteroatoms. The van der Waals surface area contributed by atoms with Crippen LogP contribution in [-0.4, -0.2) is 17.4 Å². The fourth-order valence-corrected chi connectivity index (χ4v) is 2.19. The molecule has 2 rings (SSSR count). The number of amides is 1. The molecule has 0 radical (unpaired) electrons. The van der Waals surface area contributed by atoms with Crippen LogP contribution in [0.15, 0.2) is 42.5 Å². The van der Waals surface area contributed by atoms with Crippen molar-refractivity contribution in [3.05, 3.63) is 64.0 Å². The predicted octanol–water partition coefficient (Wildman–Crippen LogP) is 3.70. The van der Waals surface area contributed by atoms with E-state index in [2.05, 4.69) is 5.32 Å². The number of rotatable bonds is 7. The lowest BCUT2D eigenvalue weighted by atomic mass is 10.1. The summed E-state index contributed by atoms with van der Waals surface area (Å²) >= 11 is 0. The second-order valence-corrected chi connectivity index (χ2v) is 5.01. The van der Waals surface area contributed by atoms with E-state index in [4.69, 9.17) is 4.74 Å². The summed E-state index contributed by atoms with van der Waals surface area (Å²) in [6, 6.07) is 10.4. The van der Waals surface area contributed by atoms with Gasteiger partial charge in [0.1, 0.15) is 11.6 Å². The van der Waals surface area contributed by atoms with Crippen molar-refractivity contribution in [2.24, 2.45) is 0 Å². The van der Waals surface area contributed by atoms with Crippen LogP contribution in [0.25, 0.3) is 0 Å². The maximum atomic E-state index is 13.7. The summed E-state index contributed by atoms with van der Waals surface area (Å²) in [5.74, 6) is -0.446. The Kier molecular flexibility index (Phi) is 5.83. The molecule has 6 nitrogen and oxygen atoms in total. The molecule has 0 unspecified atom stereocenters. The molecule has 1 amide bonds. The zero-order valence-corrected chi connectivity index (χ0v) is 13.1. The quantitative estimate of drug-likeness (QED) is 0.619. The number of nitrogens with one attached hydrogen (secondary N) is 1. The maximum Gasteiger partial charge on any atom is 0.271 e. The Morgan fingerprint density at radius 2 is 2.04 bits per heavy atom. The Labute approximate surface area is 138 Å². The third-order valence-corrected chi connectivity index (χ3v) is 3.33. The zero-order chi connectivity index (χ0) is 17.5. The van der Waals surface area contributed by atoms with Gasteiger partial charge in [0, 0.05) is 18.6 Å². The van der Waals surface area contributed by atoms with Gasteiger partial charge in [0.2, 0.25) is 5.91 Å². The van der Waals surface area contributed by atoms with E-state index < -0.39 is 16.6 Å². The van der Waals surface area contributed by atoms with E-state index in [1.807, 2.05) is 31.2 Å². The lowest BCUT2D eigenvalue weighted by Gasteiger charge is -2.10. The van der Waals surface area contributed by atoms with E-state index in [-0.39, 0.29) is 17.8 Å². The molecule has 0 aromatic heterocycles. The monoisotopic (exact) mass is 332 g/mol. The highest BCUT2D eigenvalue weighted by Crippen LogP contribution is 2.22. The van der Waals surface area contributed by atoms with Crippen LogP contribution >= 0.6 is 0 Å². The number of aryl methyl sites for hydroxylation is 1. The molecule has 2 aromatic rings. The molecule has 0 bridgehead atoms. The second kappa shape index (κ2) is 8.05. The van der Waals surface area contributed by atoms with Gasteiger partial charge < -0.3 is 10.1 Å². The summed E-state index contributed by atoms with van der Waals surface area (Å²) in [6.45, 7) is 2.39. The third-order valence-electron chi connectivity index (χ3n) is 3.33. The molecule has 0 aliphatic carbocycles. The topological polar surface area (TPSA) is 81.5 Å². The Morgan fingerprint density at radius 1 is 1.29 bits per heavy atom. The maximum absolute atomic E-state index is 13.7. The number of nitrogens with zero attached hydrogens (tertiary/aromatic N) is 1. The van der Waals surface area contributed by atoms with Crippen molar-refractivity contribution in [2.45, 2.75) is 19.8 Å². The average Bonchev–Trinajstić information content (AvgIpc) is 2.56. The van der Waals surface area contributed by atoms with Gasteiger partial charge in [-0.1, -0.05) is 18.2 Å². The molecule has 0 aliphatic heterocycles. The van der Waals surface area contributed by atoms with Crippen molar-refractivity contribution in [1.82, 2.24) is 0 Å². The molecule has 0 aliphatic rings. The fraction of sp³-hybridized carbons (Fsp3) is 0.235. The lowest BCUT2D eigenvalue weighted by molar-refractivity contribution is -0.384. The largest absolute Gasteiger partial charge is 0.494 e. The van der Waals surface area contributed by atoms with Gasteiger partial charge in [0.05, 0.1) is 17.2 Å². The highest BCUT2D eigenvalue weighted by atomic mass is 19.1. The third kappa shape index (κ3) is 4.52. The molecule has 0 atom stereocenters. The number of hydrogen-bond acceptors (Lipinski definition) is 4. The smallest absolute Gasteiger partial charge is 0.271 e. The number of carbonyl (C=O) groups excluding carboxylic acids is 1. The van der Waals surface area contributed by atoms with Crippen molar-refractivity contribution >= 4 is 17.3 Å². The minimum absolute atomic E-state index is 0.103. The van der Waals surface area contributed by atoms with Gasteiger partial charge in [-0.3, -0.25) is 14.9 Å². The molecule has 126 valence electrons. The number of benzene rings is 2. The van der Waals surface area contributed by atoms with Crippen LogP contribution in [0.5, 0.6) is 5.75 Å². The minimum atomic E-state index is -0.719. The number of non-ortho nitro benzene ring substituents is 1. The summed E-state index contributed by atoms with van der Waals surface area (Å²) < 4.78 is 19.1. The van der Waals surface area contributed by atoms with Crippen molar-refractivity contribution in [3.63, 3.8) is 0 Å². The highest BCUT2D eigenvalue weighted by molar-refractivity contribution is 5.91. The number of halogens is 1. The lowest BCUT2D eigenvalue weighted by Crippen LogP contribution is -2.14. The first-order valence-electron chi connectivity index (χ1n) is 7.45. The standard InChI is InChI=1S/C17H17FN2O4/c1-2-24-16-6-4-3-5-12(16)7-10-17(21)19-15-11-13(20(22)23)8-9-14(15)18/h3-6,8-9,11H,2,7,10H2,1H3,(H,19,21). The first-order chi connectivity index (χ1) is 11.5. The van der Waals surface area contributed by atoms with E-state index in [1.54, 1.807) is 0 Å². The number of para-hydroxylation sites is 1. The summed E-state index contributed by atoms with van der Waals surface area (Å²) in [5.41, 5.74) is 0.384. The summed E-state index contributed by atoms with van der Waals surface area (Å²) in [6.07, 6.45) is 0.519. The van der Waals surface area contributed by atoms with Gasteiger partial charge in [-0.2, -0.15) is 0 Å². The average molecular weight is 332 g/mol. The first kappa shape index (κ1) is 17.4. The summed E-state index contributed by atoms with van der Waals surface area (Å²) in [5, 5.41) is 13.1. The number of ether oxygens (including phenoxy) is 1. The Bertz CT molecular complexity index is 749. The first-order valence-corrected chi connectivity index (χ1v) is 7.45. The van der Waals surface area contributed by atoms with Crippen molar-refractivity contribution in [1.29, 1.82) is 0 Å². The predicted molar refractivity (Wildman–Crippen MR) is 87.6 cm³/mol. The van der Waals surface area contributed by atoms with E-state index in [1.165, 1.54) is 0 Å². The number of nitro groups is 1. The molecular weight excluding hydrogens is 315 g/mol. The molecule has 2 aromatic carbocycles. The van der Waals surface area contributed by atoms with E-state index in [0.717, 1.165) is 23.8 Å². The zero-order valence-electron chi connectivity index (χ0n) is 13.1. The fourth-order valence-electron chi connectivity index (χ4n) is 2.19. The normalized spacial score (nSPS) is 10.2. The van der Waals surface area contributed by atoms with Gasteiger partial charge >= 0.3 is 0 Å². The van der Waals surface area contributed by atoms with Gasteiger partial charge in [0.15, 0.2) is 0 Å². The summed E-state index contributed by atoms with van der Waals surface area (Å²) in [7, 11) is 0. The van der Waals surface area contributed by atoms with Crippen LogP contribution in [-0.2, 0) is 11.2 Å². The van der Waals surface area contributed by atoms with Gasteiger partial charge in [-0.05, 0) is 31.0 Å². The van der Waals surface area contributed by atoms with E-state index in [0.29, 0.717) is 18.8 Å². The number of hydrogen-bond donors (Lipinski definition) is 1. The molecular formula is C17H17FN2O4.